The second-order valence-corrected chi connectivity index (χ2v) is 6.84. The van der Waals surface area contributed by atoms with Crippen molar-refractivity contribution in [1.29, 1.82) is 0 Å². The molecule has 3 rings (SSSR count). The van der Waals surface area contributed by atoms with Crippen molar-refractivity contribution in [3.63, 3.8) is 0 Å². The summed E-state index contributed by atoms with van der Waals surface area (Å²) in [4.78, 5) is 0. The van der Waals surface area contributed by atoms with Gasteiger partial charge in [-0.15, -0.1) is 0 Å². The molecule has 0 spiro atoms. The van der Waals surface area contributed by atoms with E-state index in [9.17, 15) is 0 Å². The van der Waals surface area contributed by atoms with Crippen molar-refractivity contribution < 1.29 is 4.74 Å². The molecule has 0 fully saturated rings. The summed E-state index contributed by atoms with van der Waals surface area (Å²) in [7, 11) is 0. The largest absolute Gasteiger partial charge is 0.494 e. The molecule has 0 amide bonds. The van der Waals surface area contributed by atoms with Crippen LogP contribution in [0.5, 0.6) is 5.75 Å². The highest BCUT2D eigenvalue weighted by atomic mass is 79.9. The Morgan fingerprint density at radius 2 is 1.77 bits per heavy atom. The molecule has 0 aliphatic carbocycles. The molecule has 0 atom stereocenters. The fraction of sp³-hybridized carbons (Fsp3) is 0.222. The third-order valence-electron chi connectivity index (χ3n) is 3.56. The molecule has 22 heavy (non-hydrogen) atoms. The normalized spacial score (nSPS) is 11.0. The number of hydrogen-bond acceptors (Lipinski definition) is 1. The lowest BCUT2D eigenvalue weighted by atomic mass is 10.2. The molecule has 0 unspecified atom stereocenters. The Hall–Kier alpha value is -1.26. The van der Waals surface area contributed by atoms with Crippen molar-refractivity contribution >= 4 is 42.8 Å². The maximum Gasteiger partial charge on any atom is 0.120 e. The Kier molecular flexibility index (Phi) is 5.21. The lowest BCUT2D eigenvalue weighted by Crippen LogP contribution is -1.97. The minimum atomic E-state index is 0.768. The number of nitrogens with zero attached hydrogens (tertiary/aromatic N) is 1. The number of alkyl halides is 1. The average molecular weight is 423 g/mol. The third kappa shape index (κ3) is 3.55. The summed E-state index contributed by atoms with van der Waals surface area (Å²) in [6.45, 7) is 0.768. The summed E-state index contributed by atoms with van der Waals surface area (Å²) in [6.07, 6.45) is 4.31. The Morgan fingerprint density at radius 1 is 0.955 bits per heavy atom. The van der Waals surface area contributed by atoms with Crippen molar-refractivity contribution in [2.45, 2.75) is 12.8 Å². The van der Waals surface area contributed by atoms with E-state index in [0.717, 1.165) is 40.7 Å². The summed E-state index contributed by atoms with van der Waals surface area (Å²) in [5.74, 6) is 0.940. The minimum absolute atomic E-state index is 0.768. The van der Waals surface area contributed by atoms with E-state index >= 15 is 0 Å². The van der Waals surface area contributed by atoms with Gasteiger partial charge in [-0.25, -0.2) is 0 Å². The molecule has 2 nitrogen and oxygen atoms in total. The number of hydrogen-bond donors (Lipinski definition) is 0. The van der Waals surface area contributed by atoms with Crippen molar-refractivity contribution in [2.24, 2.45) is 0 Å². The molecule has 0 saturated carbocycles. The molecule has 0 aliphatic rings. The van der Waals surface area contributed by atoms with Gasteiger partial charge in [-0.2, -0.15) is 0 Å². The second kappa shape index (κ2) is 7.34. The highest BCUT2D eigenvalue weighted by Crippen LogP contribution is 2.25. The Morgan fingerprint density at radius 3 is 2.55 bits per heavy atom. The highest BCUT2D eigenvalue weighted by molar-refractivity contribution is 9.10. The zero-order valence-electron chi connectivity index (χ0n) is 12.1. The quantitative estimate of drug-likeness (QED) is 0.353. The standard InChI is InChI=1S/C18H17Br2NO/c19-10-1-2-12-22-17-7-8-18-14(13-17)9-11-21(18)16-5-3-15(20)4-6-16/h3-9,11,13H,1-2,10,12H2. The summed E-state index contributed by atoms with van der Waals surface area (Å²) in [5, 5.41) is 2.23. The summed E-state index contributed by atoms with van der Waals surface area (Å²) >= 11 is 6.91. The molecule has 1 heterocycles. The first-order valence-corrected chi connectivity index (χ1v) is 9.25. The van der Waals surface area contributed by atoms with Crippen LogP contribution in [0.15, 0.2) is 59.2 Å². The van der Waals surface area contributed by atoms with E-state index in [1.807, 2.05) is 6.07 Å². The predicted molar refractivity (Wildman–Crippen MR) is 99.5 cm³/mol. The number of rotatable bonds is 6. The number of benzene rings is 2. The zero-order chi connectivity index (χ0) is 15.4. The molecule has 0 saturated heterocycles. The fourth-order valence-electron chi connectivity index (χ4n) is 2.42. The van der Waals surface area contributed by atoms with Gasteiger partial charge in [0.15, 0.2) is 0 Å². The third-order valence-corrected chi connectivity index (χ3v) is 4.65. The van der Waals surface area contributed by atoms with Gasteiger partial charge in [0.05, 0.1) is 12.1 Å². The Balaban J connectivity index is 1.81. The van der Waals surface area contributed by atoms with Crippen LogP contribution in [0.1, 0.15) is 12.8 Å². The van der Waals surface area contributed by atoms with Crippen LogP contribution in [0.4, 0.5) is 0 Å². The molecular formula is C18H17Br2NO. The van der Waals surface area contributed by atoms with E-state index in [0.29, 0.717) is 0 Å². The Bertz CT molecular complexity index is 749. The maximum atomic E-state index is 5.81. The number of fused-ring (bicyclic) bond motifs is 1. The zero-order valence-corrected chi connectivity index (χ0v) is 15.3. The van der Waals surface area contributed by atoms with Crippen LogP contribution in [0, 0.1) is 0 Å². The molecule has 0 aliphatic heterocycles. The molecule has 0 bridgehead atoms. The Labute approximate surface area is 147 Å². The lowest BCUT2D eigenvalue weighted by Gasteiger charge is -2.08. The topological polar surface area (TPSA) is 14.2 Å². The van der Waals surface area contributed by atoms with Gasteiger partial charge >= 0.3 is 0 Å². The van der Waals surface area contributed by atoms with Crippen LogP contribution in [0.3, 0.4) is 0 Å². The van der Waals surface area contributed by atoms with Crippen molar-refractivity contribution in [1.82, 2.24) is 4.57 Å². The van der Waals surface area contributed by atoms with E-state index in [1.165, 1.54) is 10.9 Å². The van der Waals surface area contributed by atoms with E-state index in [-0.39, 0.29) is 0 Å². The number of unbranched alkanes of at least 4 members (excludes halogenated alkanes) is 1. The first kappa shape index (κ1) is 15.6. The van der Waals surface area contributed by atoms with Gasteiger partial charge in [0.1, 0.15) is 5.75 Å². The maximum absolute atomic E-state index is 5.81. The lowest BCUT2D eigenvalue weighted by molar-refractivity contribution is 0.310. The van der Waals surface area contributed by atoms with Crippen LogP contribution >= 0.6 is 31.9 Å². The number of ether oxygens (including phenoxy) is 1. The predicted octanol–water partition coefficient (Wildman–Crippen LogP) is 5.95. The van der Waals surface area contributed by atoms with E-state index < -0.39 is 0 Å². The molecular weight excluding hydrogens is 406 g/mol. The van der Waals surface area contributed by atoms with Crippen molar-refractivity contribution in [3.8, 4) is 11.4 Å². The van der Waals surface area contributed by atoms with E-state index in [2.05, 4.69) is 85.1 Å². The van der Waals surface area contributed by atoms with Crippen LogP contribution < -0.4 is 4.74 Å². The molecule has 0 radical (unpaired) electrons. The van der Waals surface area contributed by atoms with E-state index in [4.69, 9.17) is 4.74 Å². The van der Waals surface area contributed by atoms with Gasteiger partial charge in [0, 0.05) is 27.1 Å². The van der Waals surface area contributed by atoms with Crippen LogP contribution in [-0.4, -0.2) is 16.5 Å². The first-order chi connectivity index (χ1) is 10.8. The summed E-state index contributed by atoms with van der Waals surface area (Å²) < 4.78 is 9.09. The highest BCUT2D eigenvalue weighted by Gasteiger charge is 2.05. The van der Waals surface area contributed by atoms with Crippen LogP contribution in [0.25, 0.3) is 16.6 Å². The number of aromatic nitrogens is 1. The molecule has 3 aromatic rings. The van der Waals surface area contributed by atoms with Gasteiger partial charge in [0.25, 0.3) is 0 Å². The summed E-state index contributed by atoms with van der Waals surface area (Å²) in [5.41, 5.74) is 2.35. The monoisotopic (exact) mass is 421 g/mol. The van der Waals surface area contributed by atoms with Crippen molar-refractivity contribution in [3.05, 3.63) is 59.2 Å². The van der Waals surface area contributed by atoms with Gasteiger partial charge in [-0.3, -0.25) is 0 Å². The molecule has 4 heteroatoms. The van der Waals surface area contributed by atoms with Gasteiger partial charge in [-0.1, -0.05) is 31.9 Å². The molecule has 1 aromatic heterocycles. The smallest absolute Gasteiger partial charge is 0.120 e. The van der Waals surface area contributed by atoms with Gasteiger partial charge < -0.3 is 9.30 Å². The fourth-order valence-corrected chi connectivity index (χ4v) is 3.08. The summed E-state index contributed by atoms with van der Waals surface area (Å²) in [6, 6.07) is 16.7. The van der Waals surface area contributed by atoms with E-state index in [1.54, 1.807) is 0 Å². The van der Waals surface area contributed by atoms with Gasteiger partial charge in [0.2, 0.25) is 0 Å². The SMILES string of the molecule is BrCCCCOc1ccc2c(ccn2-c2ccc(Br)cc2)c1. The molecule has 0 N–H and O–H groups in total. The molecule has 114 valence electrons. The second-order valence-electron chi connectivity index (χ2n) is 5.13. The minimum Gasteiger partial charge on any atom is -0.494 e. The molecule has 2 aromatic carbocycles. The number of halogens is 2. The average Bonchev–Trinajstić information content (AvgIpc) is 2.95. The van der Waals surface area contributed by atoms with Gasteiger partial charge in [-0.05, 0) is 61.4 Å². The first-order valence-electron chi connectivity index (χ1n) is 7.34. The van der Waals surface area contributed by atoms with Crippen LogP contribution in [0.2, 0.25) is 0 Å². The van der Waals surface area contributed by atoms with Crippen LogP contribution in [-0.2, 0) is 0 Å². The van der Waals surface area contributed by atoms with Crippen molar-refractivity contribution in [2.75, 3.05) is 11.9 Å².